The van der Waals surface area contributed by atoms with E-state index in [1.165, 1.54) is 12.1 Å². The Bertz CT molecular complexity index is 954. The minimum Gasteiger partial charge on any atom is -0.354 e. The summed E-state index contributed by atoms with van der Waals surface area (Å²) in [5, 5.41) is 15.6. The molecule has 1 N–H and O–H groups in total. The molecule has 1 unspecified atom stereocenters. The molecule has 7 nitrogen and oxygen atoms in total. The zero-order valence-electron chi connectivity index (χ0n) is 15.1. The molecule has 140 valence electrons. The lowest BCUT2D eigenvalue weighted by Crippen LogP contribution is -2.43. The maximum atomic E-state index is 13.0. The van der Waals surface area contributed by atoms with Gasteiger partial charge in [-0.1, -0.05) is 12.1 Å². The van der Waals surface area contributed by atoms with Crippen molar-refractivity contribution in [1.82, 2.24) is 25.1 Å². The van der Waals surface area contributed by atoms with Gasteiger partial charge in [0.1, 0.15) is 11.6 Å². The van der Waals surface area contributed by atoms with Crippen molar-refractivity contribution in [3.8, 4) is 0 Å². The average Bonchev–Trinajstić information content (AvgIpc) is 3.08. The van der Waals surface area contributed by atoms with Crippen LogP contribution in [0.25, 0.3) is 5.65 Å². The van der Waals surface area contributed by atoms with Crippen molar-refractivity contribution in [3.63, 3.8) is 0 Å². The van der Waals surface area contributed by atoms with Gasteiger partial charge in [-0.15, -0.1) is 15.3 Å². The molecule has 3 heterocycles. The van der Waals surface area contributed by atoms with Gasteiger partial charge in [0.2, 0.25) is 5.91 Å². The number of amides is 1. The highest BCUT2D eigenvalue weighted by molar-refractivity contribution is 5.79. The Morgan fingerprint density at radius 1 is 1.22 bits per heavy atom. The van der Waals surface area contributed by atoms with E-state index in [9.17, 15) is 9.18 Å². The molecule has 1 atom stereocenters. The zero-order chi connectivity index (χ0) is 18.8. The lowest BCUT2D eigenvalue weighted by Gasteiger charge is -2.32. The van der Waals surface area contributed by atoms with E-state index in [0.717, 1.165) is 36.6 Å². The fourth-order valence-electron chi connectivity index (χ4n) is 3.39. The van der Waals surface area contributed by atoms with Crippen LogP contribution in [0.15, 0.2) is 36.4 Å². The summed E-state index contributed by atoms with van der Waals surface area (Å²) in [4.78, 5) is 14.7. The maximum Gasteiger partial charge on any atom is 0.225 e. The third kappa shape index (κ3) is 3.74. The molecule has 1 fully saturated rings. The minimum absolute atomic E-state index is 0.0191. The quantitative estimate of drug-likeness (QED) is 0.763. The topological polar surface area (TPSA) is 75.4 Å². The standard InChI is InChI=1S/C19H21FN6O/c1-13-22-23-17-8-9-18(24-26(13)17)25-10-2-3-15(12-25)19(27)21-11-14-4-6-16(20)7-5-14/h4-9,15H,2-3,10-12H2,1H3,(H,21,27). The van der Waals surface area contributed by atoms with E-state index in [-0.39, 0.29) is 17.6 Å². The Hall–Kier alpha value is -3.03. The summed E-state index contributed by atoms with van der Waals surface area (Å²) < 4.78 is 14.7. The number of benzene rings is 1. The summed E-state index contributed by atoms with van der Waals surface area (Å²) in [6.45, 7) is 3.74. The predicted octanol–water partition coefficient (Wildman–Crippen LogP) is 2.10. The van der Waals surface area contributed by atoms with Crippen LogP contribution in [0.5, 0.6) is 0 Å². The van der Waals surface area contributed by atoms with Gasteiger partial charge in [0.15, 0.2) is 11.5 Å². The molecule has 3 aromatic rings. The van der Waals surface area contributed by atoms with Crippen molar-refractivity contribution in [2.24, 2.45) is 5.92 Å². The largest absolute Gasteiger partial charge is 0.354 e. The van der Waals surface area contributed by atoms with E-state index in [2.05, 4.69) is 25.5 Å². The molecule has 0 bridgehead atoms. The maximum absolute atomic E-state index is 13.0. The van der Waals surface area contributed by atoms with E-state index < -0.39 is 0 Å². The number of anilines is 1. The van der Waals surface area contributed by atoms with Gasteiger partial charge in [0.25, 0.3) is 0 Å². The first-order valence-corrected chi connectivity index (χ1v) is 9.06. The van der Waals surface area contributed by atoms with Gasteiger partial charge in [-0.05, 0) is 49.6 Å². The summed E-state index contributed by atoms with van der Waals surface area (Å²) in [5.74, 6) is 1.20. The molecule has 1 amide bonds. The highest BCUT2D eigenvalue weighted by Gasteiger charge is 2.26. The number of carbonyl (C=O) groups is 1. The Kier molecular flexibility index (Phi) is 4.70. The van der Waals surface area contributed by atoms with Crippen molar-refractivity contribution < 1.29 is 9.18 Å². The van der Waals surface area contributed by atoms with Crippen LogP contribution in [0, 0.1) is 18.7 Å². The Morgan fingerprint density at radius 2 is 2.04 bits per heavy atom. The van der Waals surface area contributed by atoms with Crippen LogP contribution in [-0.4, -0.2) is 38.8 Å². The molecule has 1 aromatic carbocycles. The zero-order valence-corrected chi connectivity index (χ0v) is 15.1. The van der Waals surface area contributed by atoms with E-state index in [1.54, 1.807) is 16.6 Å². The van der Waals surface area contributed by atoms with Gasteiger partial charge in [0, 0.05) is 19.6 Å². The minimum atomic E-state index is -0.277. The number of piperidine rings is 1. The van der Waals surface area contributed by atoms with E-state index in [0.29, 0.717) is 18.7 Å². The third-order valence-electron chi connectivity index (χ3n) is 4.90. The van der Waals surface area contributed by atoms with Gasteiger partial charge in [-0.2, -0.15) is 4.52 Å². The van der Waals surface area contributed by atoms with Gasteiger partial charge < -0.3 is 10.2 Å². The molecule has 0 spiro atoms. The molecule has 4 rings (SSSR count). The van der Waals surface area contributed by atoms with Crippen molar-refractivity contribution in [2.45, 2.75) is 26.3 Å². The van der Waals surface area contributed by atoms with Crippen LogP contribution in [0.3, 0.4) is 0 Å². The van der Waals surface area contributed by atoms with Crippen LogP contribution >= 0.6 is 0 Å². The first-order chi connectivity index (χ1) is 13.1. The second-order valence-electron chi connectivity index (χ2n) is 6.84. The van der Waals surface area contributed by atoms with Gasteiger partial charge in [0.05, 0.1) is 5.92 Å². The Morgan fingerprint density at radius 3 is 2.85 bits per heavy atom. The summed E-state index contributed by atoms with van der Waals surface area (Å²) in [6.07, 6.45) is 1.77. The summed E-state index contributed by atoms with van der Waals surface area (Å²) in [6, 6.07) is 9.98. The SMILES string of the molecule is Cc1nnc2ccc(N3CCCC(C(=O)NCc4ccc(F)cc4)C3)nn12. The van der Waals surface area contributed by atoms with Crippen LogP contribution in [0.4, 0.5) is 10.2 Å². The van der Waals surface area contributed by atoms with Crippen LogP contribution < -0.4 is 10.2 Å². The molecular weight excluding hydrogens is 347 g/mol. The van der Waals surface area contributed by atoms with E-state index in [4.69, 9.17) is 0 Å². The number of nitrogens with zero attached hydrogens (tertiary/aromatic N) is 5. The normalized spacial score (nSPS) is 17.3. The number of nitrogens with one attached hydrogen (secondary N) is 1. The van der Waals surface area contributed by atoms with Gasteiger partial charge in [-0.3, -0.25) is 4.79 Å². The number of hydrogen-bond acceptors (Lipinski definition) is 5. The second kappa shape index (κ2) is 7.30. The van der Waals surface area contributed by atoms with Crippen LogP contribution in [-0.2, 0) is 11.3 Å². The molecule has 0 saturated carbocycles. The summed E-state index contributed by atoms with van der Waals surface area (Å²) in [5.41, 5.74) is 1.59. The average molecular weight is 368 g/mol. The smallest absolute Gasteiger partial charge is 0.225 e. The van der Waals surface area contributed by atoms with Crippen molar-refractivity contribution in [1.29, 1.82) is 0 Å². The number of aryl methyl sites for hydroxylation is 1. The number of rotatable bonds is 4. The number of halogens is 1. The molecule has 27 heavy (non-hydrogen) atoms. The van der Waals surface area contributed by atoms with Crippen molar-refractivity contribution in [2.75, 3.05) is 18.0 Å². The van der Waals surface area contributed by atoms with Crippen molar-refractivity contribution in [3.05, 3.63) is 53.6 Å². The molecule has 1 aliphatic heterocycles. The molecule has 1 saturated heterocycles. The van der Waals surface area contributed by atoms with Gasteiger partial charge in [-0.25, -0.2) is 4.39 Å². The number of aromatic nitrogens is 4. The third-order valence-corrected chi connectivity index (χ3v) is 4.90. The Balaban J connectivity index is 1.41. The fourth-order valence-corrected chi connectivity index (χ4v) is 3.39. The van der Waals surface area contributed by atoms with Crippen LogP contribution in [0.1, 0.15) is 24.2 Å². The highest BCUT2D eigenvalue weighted by atomic mass is 19.1. The first-order valence-electron chi connectivity index (χ1n) is 9.06. The monoisotopic (exact) mass is 368 g/mol. The lowest BCUT2D eigenvalue weighted by molar-refractivity contribution is -0.125. The number of carbonyl (C=O) groups excluding carboxylic acids is 1. The number of fused-ring (bicyclic) bond motifs is 1. The molecule has 0 aliphatic carbocycles. The molecule has 0 radical (unpaired) electrons. The lowest BCUT2D eigenvalue weighted by atomic mass is 9.97. The van der Waals surface area contributed by atoms with Crippen molar-refractivity contribution >= 4 is 17.4 Å². The fraction of sp³-hybridized carbons (Fsp3) is 0.368. The summed E-state index contributed by atoms with van der Waals surface area (Å²) >= 11 is 0. The Labute approximate surface area is 156 Å². The summed E-state index contributed by atoms with van der Waals surface area (Å²) in [7, 11) is 0. The number of hydrogen-bond donors (Lipinski definition) is 1. The van der Waals surface area contributed by atoms with E-state index >= 15 is 0 Å². The highest BCUT2D eigenvalue weighted by Crippen LogP contribution is 2.22. The predicted molar refractivity (Wildman–Crippen MR) is 98.7 cm³/mol. The first kappa shape index (κ1) is 17.4. The molecule has 2 aromatic heterocycles. The van der Waals surface area contributed by atoms with Gasteiger partial charge >= 0.3 is 0 Å². The molecule has 1 aliphatic rings. The molecule has 8 heteroatoms. The van der Waals surface area contributed by atoms with E-state index in [1.807, 2.05) is 19.1 Å². The van der Waals surface area contributed by atoms with Crippen LogP contribution in [0.2, 0.25) is 0 Å². The molecular formula is C19H21FN6O. The second-order valence-corrected chi connectivity index (χ2v) is 6.84.